The molecule has 0 radical (unpaired) electrons. The highest BCUT2D eigenvalue weighted by Gasteiger charge is 2.30. The van der Waals surface area contributed by atoms with Crippen molar-refractivity contribution in [3.8, 4) is 0 Å². The molecule has 2 amide bonds. The van der Waals surface area contributed by atoms with Crippen LogP contribution in [0.15, 0.2) is 72.8 Å². The summed E-state index contributed by atoms with van der Waals surface area (Å²) in [6.07, 6.45) is 0.491. The molecule has 3 rings (SSSR count). The number of benzene rings is 3. The molecule has 0 aliphatic heterocycles. The molecule has 0 heterocycles. The van der Waals surface area contributed by atoms with Gasteiger partial charge in [0.1, 0.15) is 6.04 Å². The van der Waals surface area contributed by atoms with E-state index in [0.29, 0.717) is 35.1 Å². The highest BCUT2D eigenvalue weighted by atomic mass is 35.5. The van der Waals surface area contributed by atoms with Crippen LogP contribution in [0.25, 0.3) is 0 Å². The highest BCUT2D eigenvalue weighted by molar-refractivity contribution is 6.35. The molecular formula is C27H28Cl2N2O2. The molecule has 0 unspecified atom stereocenters. The number of nitrogens with one attached hydrogen (secondary N) is 1. The van der Waals surface area contributed by atoms with Gasteiger partial charge < -0.3 is 10.2 Å². The lowest BCUT2D eigenvalue weighted by Gasteiger charge is -2.32. The molecule has 3 aromatic rings. The lowest BCUT2D eigenvalue weighted by molar-refractivity contribution is -0.140. The van der Waals surface area contributed by atoms with Crippen LogP contribution in [0.1, 0.15) is 29.2 Å². The minimum atomic E-state index is -0.662. The molecule has 0 aromatic heterocycles. The minimum absolute atomic E-state index is 0.0760. The van der Waals surface area contributed by atoms with Crippen LogP contribution in [0.2, 0.25) is 10.0 Å². The van der Waals surface area contributed by atoms with Crippen molar-refractivity contribution in [2.24, 2.45) is 0 Å². The third-order valence-corrected chi connectivity index (χ3v) is 6.17. The summed E-state index contributed by atoms with van der Waals surface area (Å²) in [6, 6.07) is 22.1. The van der Waals surface area contributed by atoms with Gasteiger partial charge in [0, 0.05) is 29.6 Å². The van der Waals surface area contributed by atoms with Gasteiger partial charge >= 0.3 is 0 Å². The summed E-state index contributed by atoms with van der Waals surface area (Å²) in [4.78, 5) is 28.5. The third-order valence-electron chi connectivity index (χ3n) is 5.58. The average Bonchev–Trinajstić information content (AvgIpc) is 2.80. The van der Waals surface area contributed by atoms with Gasteiger partial charge in [-0.2, -0.15) is 0 Å². The summed E-state index contributed by atoms with van der Waals surface area (Å²) in [7, 11) is 0. The van der Waals surface area contributed by atoms with Gasteiger partial charge in [-0.15, -0.1) is 0 Å². The third kappa shape index (κ3) is 6.83. The lowest BCUT2D eigenvalue weighted by Crippen LogP contribution is -2.51. The Labute approximate surface area is 205 Å². The van der Waals surface area contributed by atoms with Crippen LogP contribution in [-0.2, 0) is 29.0 Å². The fraction of sp³-hybridized carbons (Fsp3) is 0.259. The fourth-order valence-electron chi connectivity index (χ4n) is 3.75. The molecule has 0 bridgehead atoms. The van der Waals surface area contributed by atoms with Gasteiger partial charge in [0.05, 0.1) is 6.42 Å². The molecule has 3 aromatic carbocycles. The van der Waals surface area contributed by atoms with E-state index in [0.717, 1.165) is 16.7 Å². The number of hydrogen-bond donors (Lipinski definition) is 1. The van der Waals surface area contributed by atoms with E-state index in [9.17, 15) is 9.59 Å². The van der Waals surface area contributed by atoms with Gasteiger partial charge in [-0.25, -0.2) is 0 Å². The predicted octanol–water partition coefficient (Wildman–Crippen LogP) is 5.62. The zero-order chi connectivity index (χ0) is 23.8. The molecule has 6 heteroatoms. The van der Waals surface area contributed by atoms with Crippen molar-refractivity contribution >= 4 is 35.0 Å². The van der Waals surface area contributed by atoms with Crippen molar-refractivity contribution in [2.75, 3.05) is 6.54 Å². The Morgan fingerprint density at radius 1 is 0.939 bits per heavy atom. The van der Waals surface area contributed by atoms with Crippen molar-refractivity contribution in [2.45, 2.75) is 39.3 Å². The van der Waals surface area contributed by atoms with E-state index in [1.165, 1.54) is 0 Å². The quantitative estimate of drug-likeness (QED) is 0.430. The summed E-state index contributed by atoms with van der Waals surface area (Å²) in [5.41, 5.74) is 3.72. The van der Waals surface area contributed by atoms with E-state index in [4.69, 9.17) is 23.2 Å². The number of aryl methyl sites for hydroxylation is 1. The number of carbonyl (C=O) groups excluding carboxylic acids is 2. The first-order valence-electron chi connectivity index (χ1n) is 11.0. The van der Waals surface area contributed by atoms with Crippen molar-refractivity contribution in [1.29, 1.82) is 0 Å². The Kier molecular flexibility index (Phi) is 8.93. The largest absolute Gasteiger partial charge is 0.355 e. The van der Waals surface area contributed by atoms with E-state index in [2.05, 4.69) is 5.32 Å². The maximum absolute atomic E-state index is 13.7. The number of halogens is 2. The van der Waals surface area contributed by atoms with Crippen LogP contribution in [0.5, 0.6) is 0 Å². The number of nitrogens with zero attached hydrogens (tertiary/aromatic N) is 1. The van der Waals surface area contributed by atoms with Crippen LogP contribution in [0, 0.1) is 6.92 Å². The summed E-state index contributed by atoms with van der Waals surface area (Å²) in [6.45, 7) is 4.69. The van der Waals surface area contributed by atoms with Crippen LogP contribution in [0.3, 0.4) is 0 Å². The number of carbonyl (C=O) groups is 2. The molecule has 1 N–H and O–H groups in total. The summed E-state index contributed by atoms with van der Waals surface area (Å²) < 4.78 is 0. The zero-order valence-electron chi connectivity index (χ0n) is 18.9. The SMILES string of the molecule is CCNC(=O)[C@@H](Cc1ccccc1)N(Cc1ccccc1C)C(=O)Cc1ccc(Cl)cc1Cl. The van der Waals surface area contributed by atoms with Gasteiger partial charge in [-0.3, -0.25) is 9.59 Å². The Hall–Kier alpha value is -2.82. The maximum atomic E-state index is 13.7. The molecule has 0 saturated carbocycles. The molecule has 0 fully saturated rings. The first-order chi connectivity index (χ1) is 15.9. The highest BCUT2D eigenvalue weighted by Crippen LogP contribution is 2.24. The summed E-state index contributed by atoms with van der Waals surface area (Å²) in [5, 5.41) is 3.85. The number of rotatable bonds is 9. The Bertz CT molecular complexity index is 1100. The monoisotopic (exact) mass is 482 g/mol. The van der Waals surface area contributed by atoms with Crippen molar-refractivity contribution < 1.29 is 9.59 Å². The van der Waals surface area contributed by atoms with Crippen LogP contribution in [0.4, 0.5) is 0 Å². The van der Waals surface area contributed by atoms with E-state index in [1.807, 2.05) is 68.4 Å². The molecule has 33 heavy (non-hydrogen) atoms. The minimum Gasteiger partial charge on any atom is -0.355 e. The summed E-state index contributed by atoms with van der Waals surface area (Å²) in [5.74, 6) is -0.347. The second-order valence-corrected chi connectivity index (χ2v) is 8.80. The average molecular weight is 483 g/mol. The van der Waals surface area contributed by atoms with Gasteiger partial charge in [-0.05, 0) is 48.2 Å². The Morgan fingerprint density at radius 2 is 1.64 bits per heavy atom. The van der Waals surface area contributed by atoms with Gasteiger partial charge in [0.2, 0.25) is 11.8 Å². The van der Waals surface area contributed by atoms with Crippen LogP contribution < -0.4 is 5.32 Å². The molecule has 172 valence electrons. The lowest BCUT2D eigenvalue weighted by atomic mass is 10.0. The second kappa shape index (κ2) is 11.9. The molecule has 0 saturated heterocycles. The molecule has 0 aliphatic carbocycles. The van der Waals surface area contributed by atoms with Crippen molar-refractivity contribution in [3.05, 3.63) is 105 Å². The second-order valence-electron chi connectivity index (χ2n) is 7.96. The van der Waals surface area contributed by atoms with E-state index >= 15 is 0 Å². The van der Waals surface area contributed by atoms with Crippen molar-refractivity contribution in [3.63, 3.8) is 0 Å². The van der Waals surface area contributed by atoms with Crippen LogP contribution >= 0.6 is 23.2 Å². The maximum Gasteiger partial charge on any atom is 0.243 e. The van der Waals surface area contributed by atoms with Crippen molar-refractivity contribution in [1.82, 2.24) is 10.2 Å². The first kappa shape index (κ1) is 24.8. The zero-order valence-corrected chi connectivity index (χ0v) is 20.4. The van der Waals surface area contributed by atoms with Crippen LogP contribution in [-0.4, -0.2) is 29.3 Å². The topological polar surface area (TPSA) is 49.4 Å². The molecule has 1 atom stereocenters. The summed E-state index contributed by atoms with van der Waals surface area (Å²) >= 11 is 12.4. The normalized spacial score (nSPS) is 11.6. The molecular weight excluding hydrogens is 455 g/mol. The Morgan fingerprint density at radius 3 is 2.30 bits per heavy atom. The van der Waals surface area contributed by atoms with E-state index in [1.54, 1.807) is 23.1 Å². The molecule has 4 nitrogen and oxygen atoms in total. The predicted molar refractivity (Wildman–Crippen MR) is 135 cm³/mol. The smallest absolute Gasteiger partial charge is 0.243 e. The molecule has 0 spiro atoms. The standard InChI is InChI=1S/C27H28Cl2N2O2/c1-3-30-27(33)25(15-20-10-5-4-6-11-20)31(18-22-12-8-7-9-19(22)2)26(32)16-21-13-14-23(28)17-24(21)29/h4-14,17,25H,3,15-16,18H2,1-2H3,(H,30,33)/t25-/m1/s1. The fourth-order valence-corrected chi connectivity index (χ4v) is 4.22. The first-order valence-corrected chi connectivity index (χ1v) is 11.7. The number of hydrogen-bond acceptors (Lipinski definition) is 2. The van der Waals surface area contributed by atoms with Gasteiger partial charge in [0.25, 0.3) is 0 Å². The van der Waals surface area contributed by atoms with E-state index < -0.39 is 6.04 Å². The van der Waals surface area contributed by atoms with Gasteiger partial charge in [-0.1, -0.05) is 83.9 Å². The molecule has 0 aliphatic rings. The van der Waals surface area contributed by atoms with E-state index in [-0.39, 0.29) is 18.2 Å². The Balaban J connectivity index is 1.98. The number of likely N-dealkylation sites (N-methyl/N-ethyl adjacent to an activating group) is 1. The number of amides is 2. The van der Waals surface area contributed by atoms with Gasteiger partial charge in [0.15, 0.2) is 0 Å².